The fourth-order valence-corrected chi connectivity index (χ4v) is 6.82. The third kappa shape index (κ3) is 8.52. The molecule has 0 N–H and O–H groups in total. The molecule has 6 aromatic heterocycles. The van der Waals surface area contributed by atoms with E-state index in [9.17, 15) is 0 Å². The summed E-state index contributed by atoms with van der Waals surface area (Å²) in [6, 6.07) is 43.3. The summed E-state index contributed by atoms with van der Waals surface area (Å²) in [5.74, 6) is 2.20. The number of allylic oxidation sites excluding steroid dienone is 1. The average molecular weight is 790 g/mol. The van der Waals surface area contributed by atoms with E-state index in [2.05, 4.69) is 38.8 Å². The fourth-order valence-electron chi connectivity index (χ4n) is 6.82. The van der Waals surface area contributed by atoms with Gasteiger partial charge in [-0.1, -0.05) is 30.3 Å². The maximum Gasteiger partial charge on any atom is 0.164 e. The Labute approximate surface area is 352 Å². The lowest BCUT2D eigenvalue weighted by atomic mass is 9.99. The van der Waals surface area contributed by atoms with E-state index in [4.69, 9.17) is 34.9 Å². The summed E-state index contributed by atoms with van der Waals surface area (Å²) < 4.78 is 0. The van der Waals surface area contributed by atoms with E-state index in [1.54, 1.807) is 49.4 Å². The SMILES string of the molecule is C=NC(=N/C=C\C)c1cc(-c2ncccn2)cc(-c2nc(-c3cc(-c4ccccn4)cc(-c4ccccn4)c3)nc(-c3cc(-c4ccccn4)cc(-c4ccccn4)c3)n2)c1. The highest BCUT2D eigenvalue weighted by atomic mass is 15.0. The second-order valence-electron chi connectivity index (χ2n) is 13.7. The Morgan fingerprint density at radius 2 is 0.754 bits per heavy atom. The highest BCUT2D eigenvalue weighted by molar-refractivity contribution is 6.03. The van der Waals surface area contributed by atoms with Crippen molar-refractivity contribution in [3.05, 3.63) is 188 Å². The van der Waals surface area contributed by atoms with Crippen molar-refractivity contribution in [2.45, 2.75) is 6.92 Å². The predicted molar refractivity (Wildman–Crippen MR) is 241 cm³/mol. The molecule has 0 spiro atoms. The minimum atomic E-state index is 0.402. The minimum Gasteiger partial charge on any atom is -0.256 e. The maximum atomic E-state index is 5.24. The lowest BCUT2D eigenvalue weighted by molar-refractivity contribution is 1.07. The van der Waals surface area contributed by atoms with Crippen LogP contribution < -0.4 is 0 Å². The van der Waals surface area contributed by atoms with Gasteiger partial charge in [-0.05, 0) is 123 Å². The quantitative estimate of drug-likeness (QED) is 0.0977. The normalized spacial score (nSPS) is 11.5. The number of hydrogen-bond donors (Lipinski definition) is 0. The molecule has 0 aliphatic rings. The number of benzene rings is 3. The summed E-state index contributed by atoms with van der Waals surface area (Å²) in [6.07, 6.45) is 14.0. The lowest BCUT2D eigenvalue weighted by Crippen LogP contribution is -2.03. The summed E-state index contributed by atoms with van der Waals surface area (Å²) >= 11 is 0. The van der Waals surface area contributed by atoms with Crippen LogP contribution in [-0.2, 0) is 0 Å². The molecular formula is C50H35N11. The number of amidine groups is 1. The molecule has 0 saturated heterocycles. The molecule has 61 heavy (non-hydrogen) atoms. The lowest BCUT2D eigenvalue weighted by Gasteiger charge is -2.14. The first kappa shape index (κ1) is 38.0. The zero-order valence-electron chi connectivity index (χ0n) is 32.9. The van der Waals surface area contributed by atoms with Crippen LogP contribution in [0, 0.1) is 0 Å². The Morgan fingerprint density at radius 1 is 0.410 bits per heavy atom. The largest absolute Gasteiger partial charge is 0.256 e. The molecule has 11 nitrogen and oxygen atoms in total. The van der Waals surface area contributed by atoms with Crippen LogP contribution >= 0.6 is 0 Å². The molecule has 0 atom stereocenters. The number of aliphatic imine (C=N–C) groups is 2. The molecule has 0 fully saturated rings. The second-order valence-corrected chi connectivity index (χ2v) is 13.7. The first-order valence-electron chi connectivity index (χ1n) is 19.4. The van der Waals surface area contributed by atoms with Gasteiger partial charge in [0.2, 0.25) is 0 Å². The Bertz CT molecular complexity index is 2770. The maximum absolute atomic E-state index is 5.24. The van der Waals surface area contributed by atoms with Gasteiger partial charge < -0.3 is 0 Å². The molecule has 11 heteroatoms. The van der Waals surface area contributed by atoms with Gasteiger partial charge in [0, 0.05) is 93.5 Å². The van der Waals surface area contributed by atoms with Gasteiger partial charge in [0.15, 0.2) is 29.1 Å². The summed E-state index contributed by atoms with van der Waals surface area (Å²) in [7, 11) is 0. The Hall–Kier alpha value is -8.57. The molecule has 3 aromatic carbocycles. The number of rotatable bonds is 10. The van der Waals surface area contributed by atoms with E-state index < -0.39 is 0 Å². The summed E-state index contributed by atoms with van der Waals surface area (Å²) in [5, 5.41) is 0. The van der Waals surface area contributed by atoms with Crippen molar-refractivity contribution >= 4 is 12.6 Å². The number of pyridine rings is 4. The van der Waals surface area contributed by atoms with Crippen LogP contribution in [0.25, 0.3) is 90.6 Å². The van der Waals surface area contributed by atoms with Crippen molar-refractivity contribution in [2.24, 2.45) is 9.98 Å². The smallest absolute Gasteiger partial charge is 0.164 e. The van der Waals surface area contributed by atoms with Gasteiger partial charge in [-0.25, -0.2) is 34.9 Å². The van der Waals surface area contributed by atoms with Crippen molar-refractivity contribution < 1.29 is 0 Å². The summed E-state index contributed by atoms with van der Waals surface area (Å²) in [5.41, 5.74) is 10.2. The van der Waals surface area contributed by atoms with Crippen molar-refractivity contribution in [3.8, 4) is 90.6 Å². The number of nitrogens with zero attached hydrogens (tertiary/aromatic N) is 11. The van der Waals surface area contributed by atoms with Gasteiger partial charge >= 0.3 is 0 Å². The Balaban J connectivity index is 1.33. The Morgan fingerprint density at radius 3 is 1.11 bits per heavy atom. The number of hydrogen-bond acceptors (Lipinski definition) is 10. The standard InChI is InChI=1S/C50H35N11/c1-3-17-56-46(51-2)37-30-38(47-57-22-12-23-58-47)32-41(31-37)50-60-48(39-26-33(42-13-4-8-18-52-42)24-34(27-39)43-14-5-9-19-53-43)59-49(61-50)40-28-35(44-15-6-10-20-54-44)25-36(29-40)45-16-7-11-21-55-45/h3-32H,2H2,1H3/b17-3-,56-46?. The summed E-state index contributed by atoms with van der Waals surface area (Å²) in [4.78, 5) is 52.5. The van der Waals surface area contributed by atoms with E-state index in [1.807, 2.05) is 128 Å². The van der Waals surface area contributed by atoms with E-state index in [0.717, 1.165) is 61.7 Å². The zero-order valence-corrected chi connectivity index (χ0v) is 32.9. The van der Waals surface area contributed by atoms with Gasteiger partial charge in [0.1, 0.15) is 0 Å². The van der Waals surface area contributed by atoms with Crippen LogP contribution in [0.5, 0.6) is 0 Å². The molecule has 0 saturated carbocycles. The van der Waals surface area contributed by atoms with Crippen LogP contribution in [0.15, 0.2) is 193 Å². The third-order valence-corrected chi connectivity index (χ3v) is 9.63. The van der Waals surface area contributed by atoms with E-state index in [1.165, 1.54) is 0 Å². The van der Waals surface area contributed by atoms with E-state index >= 15 is 0 Å². The molecule has 0 aliphatic heterocycles. The second kappa shape index (κ2) is 17.5. The van der Waals surface area contributed by atoms with Gasteiger partial charge in [-0.2, -0.15) is 0 Å². The van der Waals surface area contributed by atoms with Gasteiger partial charge in [-0.3, -0.25) is 19.9 Å². The van der Waals surface area contributed by atoms with E-state index in [0.29, 0.717) is 40.3 Å². The number of aromatic nitrogens is 9. The van der Waals surface area contributed by atoms with Crippen LogP contribution in [-0.4, -0.2) is 57.4 Å². The van der Waals surface area contributed by atoms with Crippen molar-refractivity contribution in [1.82, 2.24) is 44.9 Å². The molecule has 0 amide bonds. The molecule has 0 radical (unpaired) electrons. The average Bonchev–Trinajstić information content (AvgIpc) is 3.35. The van der Waals surface area contributed by atoms with E-state index in [-0.39, 0.29) is 0 Å². The monoisotopic (exact) mass is 789 g/mol. The minimum absolute atomic E-state index is 0.402. The predicted octanol–water partition coefficient (Wildman–Crippen LogP) is 10.6. The van der Waals surface area contributed by atoms with Gasteiger partial charge in [-0.15, -0.1) is 0 Å². The van der Waals surface area contributed by atoms with Crippen LogP contribution in [0.4, 0.5) is 0 Å². The van der Waals surface area contributed by atoms with Crippen molar-refractivity contribution in [1.29, 1.82) is 0 Å². The van der Waals surface area contributed by atoms with Crippen LogP contribution in [0.1, 0.15) is 12.5 Å². The Kier molecular flexibility index (Phi) is 10.9. The fraction of sp³-hybridized carbons (Fsp3) is 0.0200. The molecule has 0 aliphatic carbocycles. The van der Waals surface area contributed by atoms with Gasteiger partial charge in [0.25, 0.3) is 0 Å². The molecule has 9 aromatic rings. The van der Waals surface area contributed by atoms with Crippen LogP contribution in [0.3, 0.4) is 0 Å². The third-order valence-electron chi connectivity index (χ3n) is 9.63. The molecular weight excluding hydrogens is 755 g/mol. The zero-order chi connectivity index (χ0) is 41.4. The summed E-state index contributed by atoms with van der Waals surface area (Å²) in [6.45, 7) is 5.72. The molecule has 0 bridgehead atoms. The van der Waals surface area contributed by atoms with Crippen molar-refractivity contribution in [3.63, 3.8) is 0 Å². The van der Waals surface area contributed by atoms with Gasteiger partial charge in [0.05, 0.1) is 22.8 Å². The van der Waals surface area contributed by atoms with Crippen molar-refractivity contribution in [2.75, 3.05) is 0 Å². The first-order chi connectivity index (χ1) is 30.1. The topological polar surface area (TPSA) is 141 Å². The van der Waals surface area contributed by atoms with Crippen LogP contribution in [0.2, 0.25) is 0 Å². The highest BCUT2D eigenvalue weighted by Crippen LogP contribution is 2.35. The molecule has 0 unspecified atom stereocenters. The molecule has 9 rings (SSSR count). The molecule has 6 heterocycles. The first-order valence-corrected chi connectivity index (χ1v) is 19.4. The highest BCUT2D eigenvalue weighted by Gasteiger charge is 2.19. The molecule has 290 valence electrons.